The molecule has 1 N–H and O–H groups in total. The van der Waals surface area contributed by atoms with Crippen LogP contribution in [0.2, 0.25) is 0 Å². The molecular formula is C22H25N3O2. The van der Waals surface area contributed by atoms with Crippen LogP contribution in [-0.2, 0) is 11.3 Å². The molecule has 2 aromatic carbocycles. The van der Waals surface area contributed by atoms with Crippen molar-refractivity contribution in [2.24, 2.45) is 0 Å². The number of carbonyl (C=O) groups is 1. The largest absolute Gasteiger partial charge is 0.361 e. The zero-order chi connectivity index (χ0) is 19.1. The quantitative estimate of drug-likeness (QED) is 0.663. The first-order chi connectivity index (χ1) is 13.1. The lowest BCUT2D eigenvalue weighted by Gasteiger charge is -2.21. The number of hydrogen-bond donors (Lipinski definition) is 1. The van der Waals surface area contributed by atoms with E-state index in [4.69, 9.17) is 4.52 Å². The van der Waals surface area contributed by atoms with E-state index in [1.54, 1.807) is 0 Å². The fraction of sp³-hybridized carbons (Fsp3) is 0.273. The molecule has 3 aromatic rings. The highest BCUT2D eigenvalue weighted by atomic mass is 16.5. The first-order valence-corrected chi connectivity index (χ1v) is 9.12. The van der Waals surface area contributed by atoms with Crippen LogP contribution in [0.1, 0.15) is 35.0 Å². The Bertz CT molecular complexity index is 807. The van der Waals surface area contributed by atoms with Gasteiger partial charge in [-0.3, -0.25) is 9.69 Å². The third-order valence-electron chi connectivity index (χ3n) is 4.40. The van der Waals surface area contributed by atoms with E-state index in [1.165, 1.54) is 0 Å². The van der Waals surface area contributed by atoms with Crippen molar-refractivity contribution in [2.75, 3.05) is 13.6 Å². The van der Waals surface area contributed by atoms with Crippen LogP contribution in [-0.4, -0.2) is 29.6 Å². The van der Waals surface area contributed by atoms with Gasteiger partial charge in [-0.25, -0.2) is 0 Å². The minimum atomic E-state index is -0.150. The van der Waals surface area contributed by atoms with Crippen LogP contribution >= 0.6 is 0 Å². The van der Waals surface area contributed by atoms with Gasteiger partial charge in [-0.2, -0.15) is 0 Å². The van der Waals surface area contributed by atoms with Crippen molar-refractivity contribution in [3.05, 3.63) is 89.3 Å². The van der Waals surface area contributed by atoms with E-state index >= 15 is 0 Å². The van der Waals surface area contributed by atoms with E-state index in [0.29, 0.717) is 19.5 Å². The summed E-state index contributed by atoms with van der Waals surface area (Å²) in [4.78, 5) is 14.7. The maximum Gasteiger partial charge on any atom is 0.222 e. The van der Waals surface area contributed by atoms with Crippen molar-refractivity contribution in [3.63, 3.8) is 0 Å². The van der Waals surface area contributed by atoms with Gasteiger partial charge in [-0.05, 0) is 25.1 Å². The van der Waals surface area contributed by atoms with E-state index in [2.05, 4.69) is 15.4 Å². The van der Waals surface area contributed by atoms with Crippen LogP contribution in [0.15, 0.2) is 71.3 Å². The van der Waals surface area contributed by atoms with Gasteiger partial charge < -0.3 is 9.84 Å². The minimum absolute atomic E-state index is 0.0240. The number of carbonyl (C=O) groups excluding carboxylic acids is 1. The second-order valence-electron chi connectivity index (χ2n) is 6.74. The Morgan fingerprint density at radius 2 is 1.67 bits per heavy atom. The highest BCUT2D eigenvalue weighted by Gasteiger charge is 2.17. The van der Waals surface area contributed by atoms with Crippen LogP contribution in [0.3, 0.4) is 0 Å². The highest BCUT2D eigenvalue weighted by molar-refractivity contribution is 5.77. The average Bonchev–Trinajstić information content (AvgIpc) is 3.10. The van der Waals surface area contributed by atoms with Crippen molar-refractivity contribution in [3.8, 4) is 0 Å². The summed E-state index contributed by atoms with van der Waals surface area (Å²) in [5.74, 6) is 0.820. The molecule has 5 heteroatoms. The van der Waals surface area contributed by atoms with Crippen LogP contribution in [0, 0.1) is 6.92 Å². The van der Waals surface area contributed by atoms with Crippen LogP contribution in [0.4, 0.5) is 0 Å². The molecule has 1 aromatic heterocycles. The Balaban J connectivity index is 1.59. The summed E-state index contributed by atoms with van der Waals surface area (Å²) in [5, 5.41) is 7.17. The van der Waals surface area contributed by atoms with Gasteiger partial charge in [0.2, 0.25) is 5.91 Å². The lowest BCUT2D eigenvalue weighted by molar-refractivity contribution is -0.121. The summed E-state index contributed by atoms with van der Waals surface area (Å²) in [6.45, 7) is 3.18. The third-order valence-corrected chi connectivity index (χ3v) is 4.40. The Morgan fingerprint density at radius 3 is 2.19 bits per heavy atom. The second kappa shape index (κ2) is 9.14. The van der Waals surface area contributed by atoms with Crippen molar-refractivity contribution in [1.29, 1.82) is 0 Å². The Morgan fingerprint density at radius 1 is 1.07 bits per heavy atom. The molecule has 0 spiro atoms. The lowest BCUT2D eigenvalue weighted by Crippen LogP contribution is -2.32. The molecule has 0 saturated carbocycles. The standard InChI is InChI=1S/C22H25N3O2/c1-17-15-20(24-27-17)16-25(2)14-13-21(26)23-22(18-9-5-3-6-10-18)19-11-7-4-8-12-19/h3-12,15,22H,13-14,16H2,1-2H3,(H,23,26). The second-order valence-corrected chi connectivity index (χ2v) is 6.74. The number of benzene rings is 2. The third kappa shape index (κ3) is 5.53. The Hall–Kier alpha value is -2.92. The van der Waals surface area contributed by atoms with Gasteiger partial charge in [0.15, 0.2) is 0 Å². The topological polar surface area (TPSA) is 58.4 Å². The first kappa shape index (κ1) is 18.9. The molecule has 0 aliphatic rings. The van der Waals surface area contributed by atoms with Crippen LogP contribution < -0.4 is 5.32 Å². The number of rotatable bonds is 8. The lowest BCUT2D eigenvalue weighted by atomic mass is 9.98. The smallest absolute Gasteiger partial charge is 0.222 e. The summed E-state index contributed by atoms with van der Waals surface area (Å²) >= 11 is 0. The maximum atomic E-state index is 12.6. The minimum Gasteiger partial charge on any atom is -0.361 e. The number of aromatic nitrogens is 1. The number of nitrogens with one attached hydrogen (secondary N) is 1. The molecule has 0 saturated heterocycles. The fourth-order valence-corrected chi connectivity index (χ4v) is 3.02. The zero-order valence-corrected chi connectivity index (χ0v) is 15.8. The van der Waals surface area contributed by atoms with E-state index in [-0.39, 0.29) is 11.9 Å². The highest BCUT2D eigenvalue weighted by Crippen LogP contribution is 2.21. The number of hydrogen-bond acceptors (Lipinski definition) is 4. The first-order valence-electron chi connectivity index (χ1n) is 9.12. The van der Waals surface area contributed by atoms with Crippen molar-refractivity contribution < 1.29 is 9.32 Å². The molecule has 27 heavy (non-hydrogen) atoms. The summed E-state index contributed by atoms with van der Waals surface area (Å²) in [5.41, 5.74) is 3.02. The van der Waals surface area contributed by atoms with E-state index in [0.717, 1.165) is 22.6 Å². The van der Waals surface area contributed by atoms with Gasteiger partial charge in [0, 0.05) is 25.6 Å². The molecule has 0 fully saturated rings. The van der Waals surface area contributed by atoms with Crippen LogP contribution in [0.25, 0.3) is 0 Å². The van der Waals surface area contributed by atoms with Gasteiger partial charge in [0.25, 0.3) is 0 Å². The summed E-state index contributed by atoms with van der Waals surface area (Å²) in [7, 11) is 1.98. The van der Waals surface area contributed by atoms with Crippen LogP contribution in [0.5, 0.6) is 0 Å². The van der Waals surface area contributed by atoms with Crippen molar-refractivity contribution >= 4 is 5.91 Å². The monoisotopic (exact) mass is 363 g/mol. The molecule has 0 radical (unpaired) electrons. The molecule has 3 rings (SSSR count). The maximum absolute atomic E-state index is 12.6. The van der Waals surface area contributed by atoms with Crippen molar-refractivity contribution in [1.82, 2.24) is 15.4 Å². The van der Waals surface area contributed by atoms with E-state index < -0.39 is 0 Å². The predicted molar refractivity (Wildman–Crippen MR) is 105 cm³/mol. The normalized spacial score (nSPS) is 11.1. The van der Waals surface area contributed by atoms with E-state index in [1.807, 2.05) is 80.7 Å². The molecule has 5 nitrogen and oxygen atoms in total. The molecule has 1 amide bonds. The van der Waals surface area contributed by atoms with Gasteiger partial charge >= 0.3 is 0 Å². The molecule has 1 heterocycles. The fourth-order valence-electron chi connectivity index (χ4n) is 3.02. The molecule has 0 unspecified atom stereocenters. The zero-order valence-electron chi connectivity index (χ0n) is 15.8. The molecular weight excluding hydrogens is 338 g/mol. The SMILES string of the molecule is Cc1cc(CN(C)CCC(=O)NC(c2ccccc2)c2ccccc2)no1. The summed E-state index contributed by atoms with van der Waals surface area (Å²) < 4.78 is 5.09. The molecule has 140 valence electrons. The number of amides is 1. The summed E-state index contributed by atoms with van der Waals surface area (Å²) in [6.07, 6.45) is 0.420. The molecule has 0 aliphatic carbocycles. The molecule has 0 bridgehead atoms. The van der Waals surface area contributed by atoms with E-state index in [9.17, 15) is 4.79 Å². The predicted octanol–water partition coefficient (Wildman–Crippen LogP) is 3.71. The van der Waals surface area contributed by atoms with Crippen molar-refractivity contribution in [2.45, 2.75) is 25.9 Å². The average molecular weight is 363 g/mol. The number of aryl methyl sites for hydroxylation is 1. The number of nitrogens with zero attached hydrogens (tertiary/aromatic N) is 2. The van der Waals surface area contributed by atoms with Gasteiger partial charge in [0.1, 0.15) is 5.76 Å². The van der Waals surface area contributed by atoms with Gasteiger partial charge in [-0.1, -0.05) is 65.8 Å². The van der Waals surface area contributed by atoms with Gasteiger partial charge in [-0.15, -0.1) is 0 Å². The molecule has 0 aliphatic heterocycles. The Kier molecular flexibility index (Phi) is 6.39. The Labute approximate surface area is 160 Å². The summed E-state index contributed by atoms with van der Waals surface area (Å²) in [6, 6.07) is 21.8. The van der Waals surface area contributed by atoms with Gasteiger partial charge in [0.05, 0.1) is 11.7 Å². The molecule has 0 atom stereocenters.